The maximum Gasteiger partial charge on any atom is 0.407 e. The summed E-state index contributed by atoms with van der Waals surface area (Å²) in [7, 11) is 2.42. The second-order valence-corrected chi connectivity index (χ2v) is 18.7. The van der Waals surface area contributed by atoms with Crippen molar-refractivity contribution < 1.29 is 72.5 Å². The van der Waals surface area contributed by atoms with Gasteiger partial charge in [-0.2, -0.15) is 0 Å². The lowest BCUT2D eigenvalue weighted by molar-refractivity contribution is -0.143. The smallest absolute Gasteiger partial charge is 0.407 e. The Labute approximate surface area is 421 Å². The lowest BCUT2D eigenvalue weighted by Gasteiger charge is -2.21. The molecule has 0 unspecified atom stereocenters. The molecule has 2 heterocycles. The van der Waals surface area contributed by atoms with E-state index in [4.69, 9.17) is 34.5 Å². The minimum atomic E-state index is -1.11. The number of nitrogens with zero attached hydrogens (tertiary/aromatic N) is 2. The Morgan fingerprint density at radius 2 is 1.11 bits per heavy atom. The second-order valence-electron chi connectivity index (χ2n) is 16.8. The SMILES string of the molecule is COC(=O)[C@@H](N)CNC(=O)OC(C)(C)C.COC(=O)[C@H](CNC(=O)OC(C)(C)C)NC(=O)c1sc(OCCCc2cccc(O)c2)nc1C.Cc1nc(OCCCc2cccc(O)c2)sc1C(=O)O.Cl. The molecular weight excluding hydrogens is 976 g/mol. The molecular formula is C46H65ClN6O15S2. The largest absolute Gasteiger partial charge is 0.508 e. The summed E-state index contributed by atoms with van der Waals surface area (Å²) in [5, 5.41) is 35.9. The number of alkyl carbamates (subject to hydrolysis) is 2. The van der Waals surface area contributed by atoms with Gasteiger partial charge < -0.3 is 65.4 Å². The van der Waals surface area contributed by atoms with Gasteiger partial charge in [0.2, 0.25) is 0 Å². The normalized spacial score (nSPS) is 11.5. The number of nitrogens with two attached hydrogens (primary N) is 1. The topological polar surface area (TPSA) is 306 Å². The van der Waals surface area contributed by atoms with Crippen LogP contribution in [0.5, 0.6) is 21.9 Å². The first-order chi connectivity index (χ1) is 32.3. The molecule has 0 saturated carbocycles. The summed E-state index contributed by atoms with van der Waals surface area (Å²) in [6, 6.07) is 12.1. The molecule has 0 fully saturated rings. The number of carbonyl (C=O) groups is 6. The number of aromatic hydroxyl groups is 2. The summed E-state index contributed by atoms with van der Waals surface area (Å²) >= 11 is 2.10. The quantitative estimate of drug-likeness (QED) is 0.0309. The number of rotatable bonds is 19. The van der Waals surface area contributed by atoms with Crippen molar-refractivity contribution in [2.24, 2.45) is 5.73 Å². The van der Waals surface area contributed by atoms with E-state index in [0.717, 1.165) is 53.1 Å². The number of esters is 2. The van der Waals surface area contributed by atoms with Crippen LogP contribution in [-0.4, -0.2) is 125 Å². The number of aromatic nitrogens is 2. The maximum absolute atomic E-state index is 12.8. The zero-order valence-electron chi connectivity index (χ0n) is 40.9. The van der Waals surface area contributed by atoms with Crippen molar-refractivity contribution in [3.8, 4) is 21.9 Å². The molecule has 0 spiro atoms. The number of halogens is 1. The van der Waals surface area contributed by atoms with E-state index in [1.165, 1.54) is 14.2 Å². The summed E-state index contributed by atoms with van der Waals surface area (Å²) in [4.78, 5) is 78.5. The second kappa shape index (κ2) is 30.2. The first-order valence-corrected chi connectivity index (χ1v) is 23.1. The van der Waals surface area contributed by atoms with Crippen LogP contribution in [0.1, 0.15) is 96.2 Å². The average molecular weight is 1040 g/mol. The van der Waals surface area contributed by atoms with Crippen LogP contribution in [0.25, 0.3) is 0 Å². The van der Waals surface area contributed by atoms with Crippen LogP contribution in [0.2, 0.25) is 0 Å². The summed E-state index contributed by atoms with van der Waals surface area (Å²) in [6.45, 7) is 14.3. The van der Waals surface area contributed by atoms with Crippen LogP contribution in [-0.2, 0) is 41.4 Å². The van der Waals surface area contributed by atoms with E-state index in [-0.39, 0.29) is 46.7 Å². The van der Waals surface area contributed by atoms with Crippen molar-refractivity contribution in [1.82, 2.24) is 25.9 Å². The minimum Gasteiger partial charge on any atom is -0.508 e. The van der Waals surface area contributed by atoms with Gasteiger partial charge in [0.1, 0.15) is 44.5 Å². The molecule has 388 valence electrons. The van der Waals surface area contributed by atoms with Gasteiger partial charge in [0.15, 0.2) is 0 Å². The highest BCUT2D eigenvalue weighted by molar-refractivity contribution is 7.15. The van der Waals surface area contributed by atoms with Crippen LogP contribution in [0.4, 0.5) is 9.59 Å². The Hall–Kier alpha value is -6.43. The maximum atomic E-state index is 12.8. The molecule has 4 aromatic rings. The predicted octanol–water partition coefficient (Wildman–Crippen LogP) is 6.26. The van der Waals surface area contributed by atoms with Crippen LogP contribution in [0.3, 0.4) is 0 Å². The number of aromatic carboxylic acids is 1. The summed E-state index contributed by atoms with van der Waals surface area (Å²) < 4.78 is 30.3. The van der Waals surface area contributed by atoms with Crippen molar-refractivity contribution in [2.45, 2.75) is 104 Å². The fourth-order valence-corrected chi connectivity index (χ4v) is 7.00. The molecule has 2 atom stereocenters. The van der Waals surface area contributed by atoms with Crippen LogP contribution in [0, 0.1) is 13.8 Å². The van der Waals surface area contributed by atoms with Gasteiger partial charge in [-0.25, -0.2) is 29.1 Å². The molecule has 4 rings (SSSR count). The van der Waals surface area contributed by atoms with Gasteiger partial charge in [-0.3, -0.25) is 9.59 Å². The number of thiazole rings is 2. The Kier molecular flexibility index (Phi) is 26.6. The number of phenolic OH excluding ortho intramolecular Hbond substituents is 2. The van der Waals surface area contributed by atoms with Crippen molar-refractivity contribution in [3.05, 3.63) is 80.8 Å². The molecule has 0 aliphatic rings. The molecule has 21 nitrogen and oxygen atoms in total. The monoisotopic (exact) mass is 1040 g/mol. The zero-order valence-corrected chi connectivity index (χ0v) is 43.3. The number of methoxy groups -OCH3 is 2. The summed E-state index contributed by atoms with van der Waals surface area (Å²) in [5.74, 6) is -2.33. The molecule has 3 amide bonds. The highest BCUT2D eigenvalue weighted by atomic mass is 35.5. The predicted molar refractivity (Wildman–Crippen MR) is 263 cm³/mol. The van der Waals surface area contributed by atoms with Crippen molar-refractivity contribution >= 4 is 71.1 Å². The van der Waals surface area contributed by atoms with Crippen LogP contribution >= 0.6 is 35.1 Å². The number of amides is 3. The molecule has 24 heteroatoms. The summed E-state index contributed by atoms with van der Waals surface area (Å²) in [6.07, 6.45) is 1.64. The van der Waals surface area contributed by atoms with Crippen molar-refractivity contribution in [1.29, 1.82) is 0 Å². The third-order valence-corrected chi connectivity index (χ3v) is 10.6. The standard InChI is InChI=1S/C23H31N3O7S.C14H15NO4S.C9H18N2O4.ClH/c1-14-18(34-22(25-14)32-11-7-9-15-8-6-10-16(27)12-15)19(28)26-17(20(29)31-5)13-24-21(30)33-23(2,3)4;1-9-12(13(17)18)20-14(15-9)19-7-3-5-10-4-2-6-11(16)8-10;1-9(2,3)15-8(13)11-5-6(10)7(12)14-4;/h6,8,10,12,17,27H,7,9,11,13H2,1-5H3,(H,24,30)(H,26,28);2,4,6,8,16H,3,5,7H2,1H3,(H,17,18);6H,5,10H2,1-4H3,(H,11,13);1H/t17-;;6-;/m0.0./s1. The van der Waals surface area contributed by atoms with Crippen molar-refractivity contribution in [2.75, 3.05) is 40.5 Å². The molecule has 0 saturated heterocycles. The highest BCUT2D eigenvalue weighted by Gasteiger charge is 2.27. The molecule has 0 aliphatic heterocycles. The number of carboxylic acids is 1. The number of carbonyl (C=O) groups excluding carboxylic acids is 5. The lowest BCUT2D eigenvalue weighted by Crippen LogP contribution is -2.49. The number of carboxylic acid groups (broad SMARTS) is 1. The van der Waals surface area contributed by atoms with Crippen molar-refractivity contribution in [3.63, 3.8) is 0 Å². The molecule has 2 aromatic heterocycles. The molecule has 0 aliphatic carbocycles. The zero-order chi connectivity index (χ0) is 51.9. The number of benzene rings is 2. The third-order valence-electron chi connectivity index (χ3n) is 8.46. The lowest BCUT2D eigenvalue weighted by atomic mass is 10.1. The van der Waals surface area contributed by atoms with E-state index >= 15 is 0 Å². The van der Waals surface area contributed by atoms with Gasteiger partial charge in [-0.1, -0.05) is 46.9 Å². The Bertz CT molecular complexity index is 2310. The van der Waals surface area contributed by atoms with E-state index in [1.807, 2.05) is 12.1 Å². The number of hydrogen-bond acceptors (Lipinski definition) is 19. The van der Waals surface area contributed by atoms with Gasteiger partial charge >= 0.3 is 30.1 Å². The number of nitrogens with one attached hydrogen (secondary N) is 3. The number of phenols is 2. The van der Waals surface area contributed by atoms with E-state index in [2.05, 4.69) is 30.7 Å². The number of ether oxygens (including phenoxy) is 6. The fraction of sp³-hybridized carbons (Fsp3) is 0.478. The van der Waals surface area contributed by atoms with E-state index in [9.17, 15) is 39.0 Å². The first kappa shape index (κ1) is 61.6. The minimum absolute atomic E-state index is 0. The number of aryl methyl sites for hydroxylation is 4. The number of hydrogen-bond donors (Lipinski definition) is 7. The molecule has 0 radical (unpaired) electrons. The fourth-order valence-electron chi connectivity index (χ4n) is 5.37. The van der Waals surface area contributed by atoms with Crippen LogP contribution in [0.15, 0.2) is 48.5 Å². The molecule has 8 N–H and O–H groups in total. The van der Waals surface area contributed by atoms with Gasteiger partial charge in [-0.05, 0) is 116 Å². The van der Waals surface area contributed by atoms with Gasteiger partial charge in [-0.15, -0.1) is 12.4 Å². The molecule has 70 heavy (non-hydrogen) atoms. The van der Waals surface area contributed by atoms with E-state index in [1.54, 1.807) is 91.8 Å². The van der Waals surface area contributed by atoms with Gasteiger partial charge in [0.05, 0.1) is 45.4 Å². The summed E-state index contributed by atoms with van der Waals surface area (Å²) in [5.41, 5.74) is 7.08. The van der Waals surface area contributed by atoms with Crippen LogP contribution < -0.4 is 31.2 Å². The first-order valence-electron chi connectivity index (χ1n) is 21.5. The molecule has 0 bridgehead atoms. The molecule has 2 aromatic carbocycles. The van der Waals surface area contributed by atoms with Gasteiger partial charge in [0.25, 0.3) is 16.3 Å². The Morgan fingerprint density at radius 3 is 1.51 bits per heavy atom. The van der Waals surface area contributed by atoms with Gasteiger partial charge in [0, 0.05) is 6.54 Å². The van der Waals surface area contributed by atoms with E-state index in [0.29, 0.717) is 41.4 Å². The highest BCUT2D eigenvalue weighted by Crippen LogP contribution is 2.26. The Morgan fingerprint density at radius 1 is 0.686 bits per heavy atom. The third kappa shape index (κ3) is 24.7. The average Bonchev–Trinajstić information content (AvgIpc) is 3.84. The Balaban J connectivity index is 0.000000576. The van der Waals surface area contributed by atoms with E-state index < -0.39 is 59.3 Å².